The van der Waals surface area contributed by atoms with Gasteiger partial charge in [0.25, 0.3) is 5.91 Å². The number of nitrogens with zero attached hydrogens (tertiary/aromatic N) is 1. The van der Waals surface area contributed by atoms with Gasteiger partial charge >= 0.3 is 0 Å². The molecule has 1 aliphatic heterocycles. The standard InChI is InChI=1S/C18H19NO3.C2H6/c20-16(15-9-5-2-6-10-15)17-18(21)19(11-12-22-17)13-14-7-3-1-4-8-14;1-2/h1-10,16-17,20H,11-13H2;1-2H3. The molecule has 2 atom stereocenters. The van der Waals surface area contributed by atoms with E-state index in [0.717, 1.165) is 5.56 Å². The summed E-state index contributed by atoms with van der Waals surface area (Å²) < 4.78 is 5.53. The maximum Gasteiger partial charge on any atom is 0.255 e. The molecule has 1 heterocycles. The van der Waals surface area contributed by atoms with Crippen molar-refractivity contribution in [3.8, 4) is 0 Å². The molecule has 0 aliphatic carbocycles. The SMILES string of the molecule is CC.O=C1C(C(O)c2ccccc2)OCCN1Cc1ccccc1. The lowest BCUT2D eigenvalue weighted by Gasteiger charge is -2.34. The van der Waals surface area contributed by atoms with Crippen molar-refractivity contribution < 1.29 is 14.6 Å². The molecule has 3 rings (SSSR count). The van der Waals surface area contributed by atoms with Gasteiger partial charge in [0.05, 0.1) is 6.61 Å². The molecule has 0 bridgehead atoms. The number of ether oxygens (including phenoxy) is 1. The van der Waals surface area contributed by atoms with Gasteiger partial charge in [-0.15, -0.1) is 0 Å². The van der Waals surface area contributed by atoms with Crippen molar-refractivity contribution >= 4 is 5.91 Å². The van der Waals surface area contributed by atoms with E-state index in [9.17, 15) is 9.90 Å². The minimum absolute atomic E-state index is 0.161. The zero-order valence-corrected chi connectivity index (χ0v) is 14.3. The van der Waals surface area contributed by atoms with Crippen LogP contribution in [-0.2, 0) is 16.1 Å². The second kappa shape index (κ2) is 9.21. The van der Waals surface area contributed by atoms with Gasteiger partial charge in [0.15, 0.2) is 6.10 Å². The lowest BCUT2D eigenvalue weighted by Crippen LogP contribution is -2.49. The summed E-state index contributed by atoms with van der Waals surface area (Å²) in [6.07, 6.45) is -1.77. The molecule has 1 N–H and O–H groups in total. The monoisotopic (exact) mass is 327 g/mol. The summed E-state index contributed by atoms with van der Waals surface area (Å²) in [5.41, 5.74) is 1.77. The molecule has 24 heavy (non-hydrogen) atoms. The Labute approximate surface area is 143 Å². The molecular formula is C20H25NO3. The lowest BCUT2D eigenvalue weighted by molar-refractivity contribution is -0.164. The maximum atomic E-state index is 12.6. The molecular weight excluding hydrogens is 302 g/mol. The van der Waals surface area contributed by atoms with Gasteiger partial charge in [-0.2, -0.15) is 0 Å². The number of hydrogen-bond acceptors (Lipinski definition) is 3. The van der Waals surface area contributed by atoms with Crippen molar-refractivity contribution in [3.63, 3.8) is 0 Å². The summed E-state index contributed by atoms with van der Waals surface area (Å²) in [5.74, 6) is -0.161. The summed E-state index contributed by atoms with van der Waals surface area (Å²) in [6, 6.07) is 19.0. The van der Waals surface area contributed by atoms with Crippen molar-refractivity contribution in [2.45, 2.75) is 32.6 Å². The minimum Gasteiger partial charge on any atom is -0.385 e. The van der Waals surface area contributed by atoms with Crippen molar-refractivity contribution in [2.24, 2.45) is 0 Å². The number of carbonyl (C=O) groups is 1. The highest BCUT2D eigenvalue weighted by Crippen LogP contribution is 2.24. The Morgan fingerprint density at radius 3 is 2.29 bits per heavy atom. The topological polar surface area (TPSA) is 49.8 Å². The van der Waals surface area contributed by atoms with E-state index in [1.165, 1.54) is 0 Å². The molecule has 2 aromatic rings. The highest BCUT2D eigenvalue weighted by molar-refractivity contribution is 5.82. The molecule has 1 saturated heterocycles. The second-order valence-electron chi connectivity index (χ2n) is 5.39. The van der Waals surface area contributed by atoms with E-state index < -0.39 is 12.2 Å². The van der Waals surface area contributed by atoms with E-state index >= 15 is 0 Å². The van der Waals surface area contributed by atoms with Crippen LogP contribution in [0.3, 0.4) is 0 Å². The quantitative estimate of drug-likeness (QED) is 0.938. The second-order valence-corrected chi connectivity index (χ2v) is 5.39. The normalized spacial score (nSPS) is 18.5. The molecule has 0 aromatic heterocycles. The molecule has 128 valence electrons. The third kappa shape index (κ3) is 4.43. The summed E-state index contributed by atoms with van der Waals surface area (Å²) in [4.78, 5) is 14.3. The highest BCUT2D eigenvalue weighted by Gasteiger charge is 2.35. The van der Waals surface area contributed by atoms with Gasteiger partial charge in [0, 0.05) is 13.1 Å². The average Bonchev–Trinajstić information content (AvgIpc) is 2.66. The number of aliphatic hydroxyl groups is 1. The van der Waals surface area contributed by atoms with Crippen LogP contribution in [0.4, 0.5) is 0 Å². The molecule has 1 amide bonds. The van der Waals surface area contributed by atoms with Crippen molar-refractivity contribution in [3.05, 3.63) is 71.8 Å². The molecule has 1 fully saturated rings. The predicted octanol–water partition coefficient (Wildman–Crippen LogP) is 3.17. The Hall–Kier alpha value is -2.17. The largest absolute Gasteiger partial charge is 0.385 e. The van der Waals surface area contributed by atoms with Gasteiger partial charge < -0.3 is 14.7 Å². The van der Waals surface area contributed by atoms with Gasteiger partial charge in [0.2, 0.25) is 0 Å². The highest BCUT2D eigenvalue weighted by atomic mass is 16.5. The lowest BCUT2D eigenvalue weighted by atomic mass is 10.0. The molecule has 4 heteroatoms. The van der Waals surface area contributed by atoms with Crippen LogP contribution in [0.15, 0.2) is 60.7 Å². The molecule has 0 saturated carbocycles. The van der Waals surface area contributed by atoms with E-state index in [-0.39, 0.29) is 5.91 Å². The fraction of sp³-hybridized carbons (Fsp3) is 0.350. The summed E-state index contributed by atoms with van der Waals surface area (Å²) in [6.45, 7) is 5.53. The number of aliphatic hydroxyl groups excluding tert-OH is 1. The van der Waals surface area contributed by atoms with Crippen LogP contribution in [0.1, 0.15) is 31.1 Å². The molecule has 1 aliphatic rings. The van der Waals surface area contributed by atoms with E-state index in [0.29, 0.717) is 25.3 Å². The number of rotatable bonds is 4. The van der Waals surface area contributed by atoms with E-state index in [4.69, 9.17) is 4.74 Å². The summed E-state index contributed by atoms with van der Waals surface area (Å²) in [5, 5.41) is 10.4. The Kier molecular flexibility index (Phi) is 6.97. The Bertz CT molecular complexity index is 615. The number of amides is 1. The van der Waals surface area contributed by atoms with Crippen LogP contribution in [0.25, 0.3) is 0 Å². The molecule has 0 radical (unpaired) electrons. The molecule has 2 aromatic carbocycles. The van der Waals surface area contributed by atoms with Gasteiger partial charge in [-0.25, -0.2) is 0 Å². The third-order valence-corrected chi connectivity index (χ3v) is 3.86. The van der Waals surface area contributed by atoms with Gasteiger partial charge in [-0.1, -0.05) is 74.5 Å². The average molecular weight is 327 g/mol. The first-order valence-corrected chi connectivity index (χ1v) is 8.43. The first kappa shape index (κ1) is 18.2. The van der Waals surface area contributed by atoms with E-state index in [2.05, 4.69) is 0 Å². The van der Waals surface area contributed by atoms with Crippen LogP contribution in [0.2, 0.25) is 0 Å². The first-order valence-electron chi connectivity index (χ1n) is 8.43. The Morgan fingerprint density at radius 1 is 1.08 bits per heavy atom. The number of carbonyl (C=O) groups excluding carboxylic acids is 1. The molecule has 2 unspecified atom stereocenters. The van der Waals surface area contributed by atoms with Crippen LogP contribution < -0.4 is 0 Å². The zero-order valence-electron chi connectivity index (χ0n) is 14.3. The van der Waals surface area contributed by atoms with Crippen molar-refractivity contribution in [1.29, 1.82) is 0 Å². The summed E-state index contributed by atoms with van der Waals surface area (Å²) >= 11 is 0. The van der Waals surface area contributed by atoms with E-state index in [1.807, 2.05) is 62.4 Å². The third-order valence-electron chi connectivity index (χ3n) is 3.86. The Balaban J connectivity index is 0.00000100. The van der Waals surface area contributed by atoms with Crippen LogP contribution >= 0.6 is 0 Å². The van der Waals surface area contributed by atoms with E-state index in [1.54, 1.807) is 17.0 Å². The fourth-order valence-electron chi connectivity index (χ4n) is 2.66. The molecule has 0 spiro atoms. The summed E-state index contributed by atoms with van der Waals surface area (Å²) in [7, 11) is 0. The number of morpholine rings is 1. The van der Waals surface area contributed by atoms with Crippen LogP contribution in [0, 0.1) is 0 Å². The van der Waals surface area contributed by atoms with Gasteiger partial charge in [0.1, 0.15) is 6.10 Å². The van der Waals surface area contributed by atoms with Gasteiger partial charge in [-0.05, 0) is 11.1 Å². The maximum absolute atomic E-state index is 12.6. The first-order chi connectivity index (χ1) is 11.8. The van der Waals surface area contributed by atoms with Gasteiger partial charge in [-0.3, -0.25) is 4.79 Å². The fourth-order valence-corrected chi connectivity index (χ4v) is 2.66. The number of benzene rings is 2. The zero-order chi connectivity index (χ0) is 17.4. The van der Waals surface area contributed by atoms with Crippen LogP contribution in [0.5, 0.6) is 0 Å². The van der Waals surface area contributed by atoms with Crippen molar-refractivity contribution in [2.75, 3.05) is 13.2 Å². The van der Waals surface area contributed by atoms with Crippen LogP contribution in [-0.4, -0.2) is 35.2 Å². The molecule has 4 nitrogen and oxygen atoms in total. The minimum atomic E-state index is -0.938. The Morgan fingerprint density at radius 2 is 1.67 bits per heavy atom. The smallest absolute Gasteiger partial charge is 0.255 e. The number of hydrogen-bond donors (Lipinski definition) is 1. The predicted molar refractivity (Wildman–Crippen MR) is 94.3 cm³/mol. The van der Waals surface area contributed by atoms with Crippen molar-refractivity contribution in [1.82, 2.24) is 4.90 Å².